The fourth-order valence-corrected chi connectivity index (χ4v) is 2.47. The van der Waals surface area contributed by atoms with Gasteiger partial charge in [-0.2, -0.15) is 0 Å². The van der Waals surface area contributed by atoms with Gasteiger partial charge in [0, 0.05) is 23.1 Å². The number of thiazole rings is 1. The summed E-state index contributed by atoms with van der Waals surface area (Å²) in [6.45, 7) is 1.94. The Morgan fingerprint density at radius 1 is 1.41 bits per heavy atom. The van der Waals surface area contributed by atoms with Crippen molar-refractivity contribution in [3.05, 3.63) is 51.7 Å². The van der Waals surface area contributed by atoms with Crippen LogP contribution in [-0.4, -0.2) is 10.1 Å². The molecule has 4 heteroatoms. The molecule has 2 rings (SSSR count). The molecule has 2 nitrogen and oxygen atoms in total. The largest absolute Gasteiger partial charge is 0.388 e. The highest BCUT2D eigenvalue weighted by atomic mass is 32.1. The Bertz CT molecular complexity index is 498. The van der Waals surface area contributed by atoms with Crippen molar-refractivity contribution in [2.75, 3.05) is 0 Å². The third kappa shape index (κ3) is 3.11. The highest BCUT2D eigenvalue weighted by Gasteiger charge is 2.12. The van der Waals surface area contributed by atoms with E-state index in [1.54, 1.807) is 29.5 Å². The van der Waals surface area contributed by atoms with Crippen molar-refractivity contribution < 1.29 is 9.50 Å². The smallest absolute Gasteiger partial charge is 0.128 e. The number of rotatable bonds is 4. The quantitative estimate of drug-likeness (QED) is 0.904. The molecule has 0 radical (unpaired) electrons. The van der Waals surface area contributed by atoms with Gasteiger partial charge in [0.25, 0.3) is 0 Å². The summed E-state index contributed by atoms with van der Waals surface area (Å²) < 4.78 is 13.4. The number of benzene rings is 1. The number of aliphatic hydroxyl groups excluding tert-OH is 1. The predicted molar refractivity (Wildman–Crippen MR) is 66.5 cm³/mol. The fourth-order valence-electron chi connectivity index (χ4n) is 1.68. The Hall–Kier alpha value is -1.26. The zero-order valence-electron chi connectivity index (χ0n) is 9.56. The van der Waals surface area contributed by atoms with E-state index in [4.69, 9.17) is 0 Å². The Balaban J connectivity index is 1.98. The first kappa shape index (κ1) is 12.2. The first-order chi connectivity index (χ1) is 8.16. The van der Waals surface area contributed by atoms with E-state index in [1.807, 2.05) is 12.3 Å². The molecular formula is C13H14FNOS. The van der Waals surface area contributed by atoms with Crippen LogP contribution in [0.3, 0.4) is 0 Å². The predicted octanol–water partition coefficient (Wildman–Crippen LogP) is 3.26. The molecule has 0 aliphatic carbocycles. The van der Waals surface area contributed by atoms with E-state index < -0.39 is 6.10 Å². The maximum absolute atomic E-state index is 13.4. The summed E-state index contributed by atoms with van der Waals surface area (Å²) in [6, 6.07) is 6.34. The molecule has 0 fully saturated rings. The maximum Gasteiger partial charge on any atom is 0.128 e. The number of hydrogen-bond donors (Lipinski definition) is 1. The Labute approximate surface area is 104 Å². The molecule has 2 aromatic rings. The minimum atomic E-state index is -0.764. The average molecular weight is 251 g/mol. The molecule has 0 saturated carbocycles. The molecule has 1 atom stereocenters. The van der Waals surface area contributed by atoms with Crippen LogP contribution in [0.25, 0.3) is 0 Å². The van der Waals surface area contributed by atoms with E-state index in [-0.39, 0.29) is 5.82 Å². The molecule has 1 aromatic heterocycles. The molecule has 1 aromatic carbocycles. The maximum atomic E-state index is 13.4. The molecule has 1 unspecified atom stereocenters. The SMILES string of the molecule is Cc1csc(CCC(O)c2ccccc2F)n1. The number of aryl methyl sites for hydroxylation is 2. The highest BCUT2D eigenvalue weighted by Crippen LogP contribution is 2.22. The van der Waals surface area contributed by atoms with Crippen molar-refractivity contribution >= 4 is 11.3 Å². The summed E-state index contributed by atoms with van der Waals surface area (Å²) in [5.74, 6) is -0.352. The van der Waals surface area contributed by atoms with Gasteiger partial charge in [-0.15, -0.1) is 11.3 Å². The molecule has 90 valence electrons. The van der Waals surface area contributed by atoms with Crippen molar-refractivity contribution in [2.45, 2.75) is 25.9 Å². The second kappa shape index (κ2) is 5.38. The zero-order chi connectivity index (χ0) is 12.3. The minimum absolute atomic E-state index is 0.352. The molecule has 0 aliphatic heterocycles. The van der Waals surface area contributed by atoms with E-state index in [1.165, 1.54) is 6.07 Å². The number of nitrogens with zero attached hydrogens (tertiary/aromatic N) is 1. The van der Waals surface area contributed by atoms with Gasteiger partial charge in [-0.25, -0.2) is 9.37 Å². The standard InChI is InChI=1S/C13H14FNOS/c1-9-8-17-13(15-9)7-6-12(16)10-4-2-3-5-11(10)14/h2-5,8,12,16H,6-7H2,1H3. The number of aliphatic hydroxyl groups is 1. The summed E-state index contributed by atoms with van der Waals surface area (Å²) in [4.78, 5) is 4.31. The lowest BCUT2D eigenvalue weighted by Crippen LogP contribution is -2.02. The van der Waals surface area contributed by atoms with Crippen LogP contribution < -0.4 is 0 Å². The molecule has 0 spiro atoms. The molecule has 0 aliphatic rings. The monoisotopic (exact) mass is 251 g/mol. The molecule has 0 bridgehead atoms. The molecule has 0 amide bonds. The third-order valence-electron chi connectivity index (χ3n) is 2.56. The van der Waals surface area contributed by atoms with Crippen molar-refractivity contribution in [3.8, 4) is 0 Å². The van der Waals surface area contributed by atoms with E-state index in [9.17, 15) is 9.50 Å². The number of hydrogen-bond acceptors (Lipinski definition) is 3. The minimum Gasteiger partial charge on any atom is -0.388 e. The van der Waals surface area contributed by atoms with Crippen LogP contribution in [0.2, 0.25) is 0 Å². The van der Waals surface area contributed by atoms with Gasteiger partial charge in [-0.1, -0.05) is 18.2 Å². The van der Waals surface area contributed by atoms with Crippen LogP contribution in [0.1, 0.15) is 28.8 Å². The molecule has 17 heavy (non-hydrogen) atoms. The first-order valence-electron chi connectivity index (χ1n) is 5.50. The lowest BCUT2D eigenvalue weighted by atomic mass is 10.0. The van der Waals surface area contributed by atoms with E-state index >= 15 is 0 Å². The van der Waals surface area contributed by atoms with Crippen LogP contribution in [0.15, 0.2) is 29.6 Å². The van der Waals surface area contributed by atoms with E-state index in [0.717, 1.165) is 10.7 Å². The Morgan fingerprint density at radius 2 is 2.18 bits per heavy atom. The van der Waals surface area contributed by atoms with E-state index in [0.29, 0.717) is 18.4 Å². The van der Waals surface area contributed by atoms with E-state index in [2.05, 4.69) is 4.98 Å². The third-order valence-corrected chi connectivity index (χ3v) is 3.59. The Morgan fingerprint density at radius 3 is 2.82 bits per heavy atom. The summed E-state index contributed by atoms with van der Waals surface area (Å²) in [5, 5.41) is 12.9. The van der Waals surface area contributed by atoms with Gasteiger partial charge in [0.1, 0.15) is 5.82 Å². The van der Waals surface area contributed by atoms with Crippen LogP contribution >= 0.6 is 11.3 Å². The van der Waals surface area contributed by atoms with Crippen molar-refractivity contribution in [3.63, 3.8) is 0 Å². The molecule has 1 N–H and O–H groups in total. The van der Waals surface area contributed by atoms with Crippen LogP contribution in [0.5, 0.6) is 0 Å². The number of aromatic nitrogens is 1. The van der Waals surface area contributed by atoms with Gasteiger partial charge in [0.2, 0.25) is 0 Å². The summed E-state index contributed by atoms with van der Waals surface area (Å²) in [6.07, 6.45) is 0.405. The van der Waals surface area contributed by atoms with Crippen LogP contribution in [0.4, 0.5) is 4.39 Å². The fraction of sp³-hybridized carbons (Fsp3) is 0.308. The van der Waals surface area contributed by atoms with Gasteiger partial charge in [-0.05, 0) is 19.4 Å². The summed E-state index contributed by atoms with van der Waals surface area (Å²) in [7, 11) is 0. The van der Waals surface area contributed by atoms with Gasteiger partial charge in [0.05, 0.1) is 11.1 Å². The average Bonchev–Trinajstić information content (AvgIpc) is 2.73. The van der Waals surface area contributed by atoms with Gasteiger partial charge in [0.15, 0.2) is 0 Å². The second-order valence-corrected chi connectivity index (χ2v) is 4.90. The lowest BCUT2D eigenvalue weighted by Gasteiger charge is -2.10. The van der Waals surface area contributed by atoms with Gasteiger partial charge in [-0.3, -0.25) is 0 Å². The van der Waals surface area contributed by atoms with Gasteiger partial charge >= 0.3 is 0 Å². The summed E-state index contributed by atoms with van der Waals surface area (Å²) >= 11 is 1.57. The zero-order valence-corrected chi connectivity index (χ0v) is 10.4. The van der Waals surface area contributed by atoms with Crippen LogP contribution in [0, 0.1) is 12.7 Å². The molecule has 1 heterocycles. The van der Waals surface area contributed by atoms with Crippen LogP contribution in [-0.2, 0) is 6.42 Å². The van der Waals surface area contributed by atoms with Crippen molar-refractivity contribution in [1.29, 1.82) is 0 Å². The second-order valence-electron chi connectivity index (χ2n) is 3.96. The normalized spacial score (nSPS) is 12.6. The molecule has 0 saturated heterocycles. The van der Waals surface area contributed by atoms with Gasteiger partial charge < -0.3 is 5.11 Å². The summed E-state index contributed by atoms with van der Waals surface area (Å²) in [5.41, 5.74) is 1.35. The Kier molecular flexibility index (Phi) is 3.86. The highest BCUT2D eigenvalue weighted by molar-refractivity contribution is 7.09. The number of halogens is 1. The molecular weight excluding hydrogens is 237 g/mol. The first-order valence-corrected chi connectivity index (χ1v) is 6.38. The van der Waals surface area contributed by atoms with Crippen molar-refractivity contribution in [1.82, 2.24) is 4.98 Å². The van der Waals surface area contributed by atoms with Crippen molar-refractivity contribution in [2.24, 2.45) is 0 Å². The topological polar surface area (TPSA) is 33.1 Å². The lowest BCUT2D eigenvalue weighted by molar-refractivity contribution is 0.163.